The molecule has 4 heterocycles. The summed E-state index contributed by atoms with van der Waals surface area (Å²) in [4.78, 5) is 18.7. The molecule has 1 amide bonds. The standard InChI is InChI=1S/C20H22N4O3/c25-20(19-7-6-18(27-19)14-24-11-3-9-22-24)23-10-2-5-17(13-23)26-15-16-4-1-8-21-12-16/h1,3-4,6-9,11-12,17H,2,5,10,13-15H2/t17-/m1/s1. The average molecular weight is 366 g/mol. The maximum absolute atomic E-state index is 12.8. The second kappa shape index (κ2) is 8.18. The van der Waals surface area contributed by atoms with Crippen LogP contribution in [-0.4, -0.2) is 44.8 Å². The molecule has 3 aromatic rings. The molecule has 1 aliphatic heterocycles. The molecule has 0 saturated carbocycles. The molecule has 0 radical (unpaired) electrons. The summed E-state index contributed by atoms with van der Waals surface area (Å²) in [7, 11) is 0. The Kier molecular flexibility index (Phi) is 5.29. The Bertz CT molecular complexity index is 861. The largest absolute Gasteiger partial charge is 0.454 e. The summed E-state index contributed by atoms with van der Waals surface area (Å²) in [5.41, 5.74) is 1.04. The number of nitrogens with zero attached hydrogens (tertiary/aromatic N) is 4. The summed E-state index contributed by atoms with van der Waals surface area (Å²) in [5.74, 6) is 0.991. The number of aromatic nitrogens is 3. The van der Waals surface area contributed by atoms with E-state index in [0.29, 0.717) is 31.2 Å². The second-order valence-electron chi connectivity index (χ2n) is 6.66. The molecule has 1 atom stereocenters. The van der Waals surface area contributed by atoms with Crippen LogP contribution in [0, 0.1) is 0 Å². The normalized spacial score (nSPS) is 17.2. The topological polar surface area (TPSA) is 73.4 Å². The van der Waals surface area contributed by atoms with Crippen LogP contribution in [0.3, 0.4) is 0 Å². The molecule has 1 aliphatic rings. The van der Waals surface area contributed by atoms with Crippen LogP contribution >= 0.6 is 0 Å². The van der Waals surface area contributed by atoms with Gasteiger partial charge in [-0.05, 0) is 42.7 Å². The zero-order chi connectivity index (χ0) is 18.5. The van der Waals surface area contributed by atoms with Crippen LogP contribution in [0.5, 0.6) is 0 Å². The lowest BCUT2D eigenvalue weighted by Gasteiger charge is -2.32. The third-order valence-corrected chi connectivity index (χ3v) is 4.62. The van der Waals surface area contributed by atoms with Gasteiger partial charge >= 0.3 is 0 Å². The summed E-state index contributed by atoms with van der Waals surface area (Å²) in [6.07, 6.45) is 9.02. The fraction of sp³-hybridized carbons (Fsp3) is 0.350. The van der Waals surface area contributed by atoms with Gasteiger partial charge in [-0.2, -0.15) is 5.10 Å². The zero-order valence-electron chi connectivity index (χ0n) is 15.0. The molecule has 3 aromatic heterocycles. The van der Waals surface area contributed by atoms with Crippen LogP contribution in [0.4, 0.5) is 0 Å². The van der Waals surface area contributed by atoms with E-state index in [4.69, 9.17) is 9.15 Å². The molecule has 0 bridgehead atoms. The highest BCUT2D eigenvalue weighted by molar-refractivity contribution is 5.91. The Hall–Kier alpha value is -2.93. The molecule has 27 heavy (non-hydrogen) atoms. The lowest BCUT2D eigenvalue weighted by atomic mass is 10.1. The van der Waals surface area contributed by atoms with Crippen LogP contribution in [0.15, 0.2) is 59.5 Å². The number of pyridine rings is 1. The Labute approximate surface area is 157 Å². The third kappa shape index (κ3) is 4.43. The quantitative estimate of drug-likeness (QED) is 0.671. The van der Waals surface area contributed by atoms with Gasteiger partial charge in [0, 0.05) is 37.9 Å². The first-order chi connectivity index (χ1) is 13.3. The highest BCUT2D eigenvalue weighted by atomic mass is 16.5. The van der Waals surface area contributed by atoms with Gasteiger partial charge in [-0.3, -0.25) is 14.5 Å². The van der Waals surface area contributed by atoms with Gasteiger partial charge in [0.1, 0.15) is 5.76 Å². The minimum atomic E-state index is -0.0867. The minimum absolute atomic E-state index is 0.0291. The molecule has 140 valence electrons. The summed E-state index contributed by atoms with van der Waals surface area (Å²) >= 11 is 0. The van der Waals surface area contributed by atoms with Gasteiger partial charge in [0.25, 0.3) is 5.91 Å². The first-order valence-electron chi connectivity index (χ1n) is 9.14. The van der Waals surface area contributed by atoms with Crippen molar-refractivity contribution in [1.29, 1.82) is 0 Å². The predicted molar refractivity (Wildman–Crippen MR) is 98.0 cm³/mol. The van der Waals surface area contributed by atoms with E-state index in [9.17, 15) is 4.79 Å². The van der Waals surface area contributed by atoms with Crippen molar-refractivity contribution in [3.05, 3.63) is 72.2 Å². The van der Waals surface area contributed by atoms with Crippen LogP contribution in [0.25, 0.3) is 0 Å². The number of carbonyl (C=O) groups is 1. The van der Waals surface area contributed by atoms with Crippen molar-refractivity contribution < 1.29 is 13.9 Å². The molecule has 0 unspecified atom stereocenters. The molecule has 1 saturated heterocycles. The molecule has 0 N–H and O–H groups in total. The fourth-order valence-corrected chi connectivity index (χ4v) is 3.24. The lowest BCUT2D eigenvalue weighted by molar-refractivity contribution is -0.00765. The van der Waals surface area contributed by atoms with Crippen molar-refractivity contribution in [3.63, 3.8) is 0 Å². The van der Waals surface area contributed by atoms with Gasteiger partial charge < -0.3 is 14.1 Å². The summed E-state index contributed by atoms with van der Waals surface area (Å²) in [6.45, 7) is 2.32. The number of hydrogen-bond acceptors (Lipinski definition) is 5. The maximum atomic E-state index is 12.8. The van der Waals surface area contributed by atoms with E-state index in [2.05, 4.69) is 10.1 Å². The Morgan fingerprint density at radius 2 is 2.22 bits per heavy atom. The van der Waals surface area contributed by atoms with Crippen LogP contribution in [0.2, 0.25) is 0 Å². The number of carbonyl (C=O) groups excluding carboxylic acids is 1. The molecule has 1 fully saturated rings. The minimum Gasteiger partial charge on any atom is -0.454 e. The van der Waals surface area contributed by atoms with Gasteiger partial charge in [-0.25, -0.2) is 0 Å². The first-order valence-corrected chi connectivity index (χ1v) is 9.14. The van der Waals surface area contributed by atoms with Gasteiger partial charge in [0.2, 0.25) is 0 Å². The van der Waals surface area contributed by atoms with E-state index in [-0.39, 0.29) is 12.0 Å². The van der Waals surface area contributed by atoms with E-state index in [1.165, 1.54) is 0 Å². The monoisotopic (exact) mass is 366 g/mol. The molecule has 0 aliphatic carbocycles. The van der Waals surface area contributed by atoms with E-state index in [1.807, 2.05) is 35.4 Å². The summed E-state index contributed by atoms with van der Waals surface area (Å²) in [6, 6.07) is 9.31. The Morgan fingerprint density at radius 1 is 1.26 bits per heavy atom. The number of likely N-dealkylation sites (tertiary alicyclic amines) is 1. The Balaban J connectivity index is 1.33. The van der Waals surface area contributed by atoms with Crippen molar-refractivity contribution in [2.24, 2.45) is 0 Å². The van der Waals surface area contributed by atoms with E-state index in [1.54, 1.807) is 29.3 Å². The highest BCUT2D eigenvalue weighted by Crippen LogP contribution is 2.19. The first kappa shape index (κ1) is 17.5. The maximum Gasteiger partial charge on any atom is 0.289 e. The van der Waals surface area contributed by atoms with Crippen LogP contribution in [0.1, 0.15) is 34.7 Å². The second-order valence-corrected chi connectivity index (χ2v) is 6.66. The van der Waals surface area contributed by atoms with Gasteiger partial charge in [0.05, 0.1) is 19.3 Å². The van der Waals surface area contributed by atoms with Gasteiger partial charge in [-0.15, -0.1) is 0 Å². The number of hydrogen-bond donors (Lipinski definition) is 0. The molecule has 0 aromatic carbocycles. The fourth-order valence-electron chi connectivity index (χ4n) is 3.24. The van der Waals surface area contributed by atoms with Gasteiger partial charge in [0.15, 0.2) is 5.76 Å². The van der Waals surface area contributed by atoms with Crippen LogP contribution < -0.4 is 0 Å². The van der Waals surface area contributed by atoms with Crippen molar-refractivity contribution in [2.45, 2.75) is 32.1 Å². The van der Waals surface area contributed by atoms with Crippen LogP contribution in [-0.2, 0) is 17.9 Å². The van der Waals surface area contributed by atoms with E-state index < -0.39 is 0 Å². The van der Waals surface area contributed by atoms with Crippen molar-refractivity contribution in [1.82, 2.24) is 19.7 Å². The van der Waals surface area contributed by atoms with E-state index >= 15 is 0 Å². The molecule has 0 spiro atoms. The van der Waals surface area contributed by atoms with Gasteiger partial charge in [-0.1, -0.05) is 6.07 Å². The smallest absolute Gasteiger partial charge is 0.289 e. The van der Waals surface area contributed by atoms with Crippen molar-refractivity contribution in [2.75, 3.05) is 13.1 Å². The van der Waals surface area contributed by atoms with Crippen molar-refractivity contribution in [3.8, 4) is 0 Å². The zero-order valence-corrected chi connectivity index (χ0v) is 15.0. The van der Waals surface area contributed by atoms with Crippen molar-refractivity contribution >= 4 is 5.91 Å². The number of piperidine rings is 1. The average Bonchev–Trinajstić information content (AvgIpc) is 3.39. The highest BCUT2D eigenvalue weighted by Gasteiger charge is 2.26. The Morgan fingerprint density at radius 3 is 3.04 bits per heavy atom. The number of ether oxygens (including phenoxy) is 1. The summed E-state index contributed by atoms with van der Waals surface area (Å²) in [5, 5.41) is 4.15. The SMILES string of the molecule is O=C(c1ccc(Cn2cccn2)o1)N1CCC[C@@H](OCc2cccnc2)C1. The molecular formula is C20H22N4O3. The number of furan rings is 1. The number of amides is 1. The molecular weight excluding hydrogens is 344 g/mol. The predicted octanol–water partition coefficient (Wildman–Crippen LogP) is 2.74. The van der Waals surface area contributed by atoms with E-state index in [0.717, 1.165) is 24.9 Å². The lowest BCUT2D eigenvalue weighted by Crippen LogP contribution is -2.43. The number of rotatable bonds is 6. The molecule has 7 nitrogen and oxygen atoms in total. The summed E-state index contributed by atoms with van der Waals surface area (Å²) < 4.78 is 13.5. The molecule has 7 heteroatoms. The molecule has 4 rings (SSSR count). The third-order valence-electron chi connectivity index (χ3n) is 4.62.